The van der Waals surface area contributed by atoms with E-state index < -0.39 is 0 Å². The lowest BCUT2D eigenvalue weighted by atomic mass is 10.1. The molecule has 0 aromatic carbocycles. The van der Waals surface area contributed by atoms with Crippen molar-refractivity contribution in [3.63, 3.8) is 0 Å². The number of nitriles is 1. The summed E-state index contributed by atoms with van der Waals surface area (Å²) < 4.78 is 2.05. The van der Waals surface area contributed by atoms with Crippen molar-refractivity contribution in [3.8, 4) is 17.5 Å². The molecule has 0 fully saturated rings. The van der Waals surface area contributed by atoms with Crippen molar-refractivity contribution in [1.29, 1.82) is 5.26 Å². The summed E-state index contributed by atoms with van der Waals surface area (Å²) in [4.78, 5) is 15.3. The largest absolute Gasteiger partial charge is 0.316 e. The van der Waals surface area contributed by atoms with E-state index >= 15 is 0 Å². The number of hydrogen-bond donors (Lipinski definition) is 1. The van der Waals surface area contributed by atoms with E-state index in [1.54, 1.807) is 22.7 Å². The van der Waals surface area contributed by atoms with Gasteiger partial charge in [-0.05, 0) is 50.2 Å². The molecule has 1 amide bonds. The summed E-state index contributed by atoms with van der Waals surface area (Å²) in [5.41, 5.74) is 2.87. The normalized spacial score (nSPS) is 13.6. The molecular formula is C23H27N5OS3. The number of anilines is 1. The van der Waals surface area contributed by atoms with Crippen molar-refractivity contribution < 1.29 is 4.79 Å². The molecular weight excluding hydrogens is 458 g/mol. The van der Waals surface area contributed by atoms with Crippen LogP contribution in [0.15, 0.2) is 16.6 Å². The first kappa shape index (κ1) is 23.0. The summed E-state index contributed by atoms with van der Waals surface area (Å²) >= 11 is 4.69. The topological polar surface area (TPSA) is 83.6 Å². The molecule has 3 aromatic rings. The molecule has 0 unspecified atom stereocenters. The lowest BCUT2D eigenvalue weighted by molar-refractivity contribution is -0.113. The minimum absolute atomic E-state index is 0.118. The number of carbonyl (C=O) groups excluding carboxylic acids is 1. The van der Waals surface area contributed by atoms with Gasteiger partial charge < -0.3 is 9.88 Å². The van der Waals surface area contributed by atoms with Crippen LogP contribution in [0.5, 0.6) is 0 Å². The van der Waals surface area contributed by atoms with Gasteiger partial charge in [-0.25, -0.2) is 0 Å². The summed E-state index contributed by atoms with van der Waals surface area (Å²) in [6, 6.07) is 4.50. The zero-order valence-corrected chi connectivity index (χ0v) is 21.1. The van der Waals surface area contributed by atoms with Crippen LogP contribution in [0.1, 0.15) is 66.8 Å². The van der Waals surface area contributed by atoms with E-state index in [1.165, 1.54) is 27.9 Å². The van der Waals surface area contributed by atoms with Gasteiger partial charge in [-0.1, -0.05) is 32.0 Å². The quantitative estimate of drug-likeness (QED) is 0.324. The van der Waals surface area contributed by atoms with E-state index in [1.807, 2.05) is 0 Å². The molecule has 3 aromatic heterocycles. The van der Waals surface area contributed by atoms with Crippen molar-refractivity contribution in [2.45, 2.75) is 70.5 Å². The van der Waals surface area contributed by atoms with Crippen LogP contribution in [0.25, 0.3) is 11.4 Å². The maximum Gasteiger partial charge on any atom is 0.235 e. The highest BCUT2D eigenvalue weighted by Crippen LogP contribution is 2.37. The molecule has 1 N–H and O–H groups in total. The molecule has 0 aliphatic heterocycles. The van der Waals surface area contributed by atoms with E-state index in [4.69, 9.17) is 0 Å². The van der Waals surface area contributed by atoms with Crippen molar-refractivity contribution in [2.75, 3.05) is 11.1 Å². The molecule has 0 spiro atoms. The molecule has 1 aliphatic rings. The summed E-state index contributed by atoms with van der Waals surface area (Å²) in [7, 11) is 0. The Morgan fingerprint density at radius 1 is 1.31 bits per heavy atom. The Morgan fingerprint density at radius 2 is 2.12 bits per heavy atom. The third-order valence-corrected chi connectivity index (χ3v) is 9.01. The second-order valence-electron chi connectivity index (χ2n) is 8.16. The Hall–Kier alpha value is -2.15. The molecule has 0 saturated heterocycles. The average Bonchev–Trinajstić information content (AvgIpc) is 3.45. The van der Waals surface area contributed by atoms with E-state index in [0.717, 1.165) is 54.3 Å². The van der Waals surface area contributed by atoms with Gasteiger partial charge in [0.2, 0.25) is 5.91 Å². The second kappa shape index (κ2) is 10.2. The lowest BCUT2D eigenvalue weighted by Gasteiger charge is -2.07. The highest BCUT2D eigenvalue weighted by Gasteiger charge is 2.22. The fourth-order valence-electron chi connectivity index (χ4n) is 3.91. The van der Waals surface area contributed by atoms with Gasteiger partial charge in [-0.2, -0.15) is 5.26 Å². The number of fused-ring (bicyclic) bond motifs is 1. The zero-order chi connectivity index (χ0) is 22.7. The van der Waals surface area contributed by atoms with Crippen LogP contribution in [0.2, 0.25) is 0 Å². The molecule has 9 heteroatoms. The minimum Gasteiger partial charge on any atom is -0.316 e. The Kier molecular flexibility index (Phi) is 7.33. The van der Waals surface area contributed by atoms with Crippen LogP contribution in [-0.2, 0) is 24.2 Å². The van der Waals surface area contributed by atoms with Gasteiger partial charge in [0.25, 0.3) is 0 Å². The Labute approximate surface area is 201 Å². The number of hydrogen-bond acceptors (Lipinski definition) is 7. The van der Waals surface area contributed by atoms with Crippen LogP contribution in [0, 0.1) is 11.3 Å². The fourth-order valence-corrected chi connectivity index (χ4v) is 6.87. The lowest BCUT2D eigenvalue weighted by Crippen LogP contribution is -2.14. The highest BCUT2D eigenvalue weighted by molar-refractivity contribution is 7.99. The van der Waals surface area contributed by atoms with Gasteiger partial charge in [-0.3, -0.25) is 4.79 Å². The van der Waals surface area contributed by atoms with Crippen molar-refractivity contribution in [3.05, 3.63) is 32.3 Å². The van der Waals surface area contributed by atoms with Gasteiger partial charge in [0.05, 0.1) is 11.3 Å². The molecule has 0 bridgehead atoms. The smallest absolute Gasteiger partial charge is 0.235 e. The van der Waals surface area contributed by atoms with E-state index in [0.29, 0.717) is 16.5 Å². The summed E-state index contributed by atoms with van der Waals surface area (Å²) in [6.07, 6.45) is 5.40. The molecule has 3 heterocycles. The predicted octanol–water partition coefficient (Wildman–Crippen LogP) is 6.08. The van der Waals surface area contributed by atoms with Crippen LogP contribution in [-0.4, -0.2) is 26.4 Å². The standard InChI is InChI=1S/C23H27N5OS3/c1-4-28-21(15-10-19(14(2)3)30-12-15)26-27-23(28)31-13-20(29)25-22-17(11-24)16-8-6-5-7-9-18(16)32-22/h10,12,14H,4-9,13H2,1-3H3,(H,25,29). The zero-order valence-electron chi connectivity index (χ0n) is 18.6. The van der Waals surface area contributed by atoms with Crippen molar-refractivity contribution in [2.24, 2.45) is 0 Å². The molecule has 4 rings (SSSR count). The highest BCUT2D eigenvalue weighted by atomic mass is 32.2. The van der Waals surface area contributed by atoms with Crippen molar-refractivity contribution >= 4 is 45.3 Å². The number of aromatic nitrogens is 3. The first-order chi connectivity index (χ1) is 15.5. The van der Waals surface area contributed by atoms with Crippen LogP contribution >= 0.6 is 34.4 Å². The third-order valence-electron chi connectivity index (χ3n) is 5.60. The van der Waals surface area contributed by atoms with Gasteiger partial charge in [0, 0.05) is 27.2 Å². The number of amides is 1. The van der Waals surface area contributed by atoms with Crippen LogP contribution < -0.4 is 5.32 Å². The number of aryl methyl sites for hydroxylation is 1. The van der Waals surface area contributed by atoms with Crippen LogP contribution in [0.3, 0.4) is 0 Å². The molecule has 1 aliphatic carbocycles. The summed E-state index contributed by atoms with van der Waals surface area (Å²) in [5, 5.41) is 24.9. The summed E-state index contributed by atoms with van der Waals surface area (Å²) in [6.45, 7) is 7.16. The number of carbonyl (C=O) groups is 1. The monoisotopic (exact) mass is 485 g/mol. The molecule has 0 atom stereocenters. The molecule has 6 nitrogen and oxygen atoms in total. The fraction of sp³-hybridized carbons (Fsp3) is 0.478. The number of nitrogens with one attached hydrogen (secondary N) is 1. The second-order valence-corrected chi connectivity index (χ2v) is 11.2. The predicted molar refractivity (Wildman–Crippen MR) is 133 cm³/mol. The number of thiophene rings is 2. The van der Waals surface area contributed by atoms with E-state index in [-0.39, 0.29) is 11.7 Å². The van der Waals surface area contributed by atoms with Crippen LogP contribution in [0.4, 0.5) is 5.00 Å². The molecule has 0 saturated carbocycles. The molecule has 32 heavy (non-hydrogen) atoms. The maximum atomic E-state index is 12.7. The van der Waals surface area contributed by atoms with Gasteiger partial charge >= 0.3 is 0 Å². The average molecular weight is 486 g/mol. The molecule has 168 valence electrons. The Balaban J connectivity index is 1.45. The summed E-state index contributed by atoms with van der Waals surface area (Å²) in [5.74, 6) is 1.43. The first-order valence-electron chi connectivity index (χ1n) is 11.0. The Morgan fingerprint density at radius 3 is 2.84 bits per heavy atom. The molecule has 0 radical (unpaired) electrons. The first-order valence-corrected chi connectivity index (χ1v) is 13.7. The van der Waals surface area contributed by atoms with E-state index in [9.17, 15) is 10.1 Å². The van der Waals surface area contributed by atoms with Crippen molar-refractivity contribution in [1.82, 2.24) is 14.8 Å². The van der Waals surface area contributed by atoms with E-state index in [2.05, 4.69) is 58.4 Å². The number of thioether (sulfide) groups is 1. The number of rotatable bonds is 7. The van der Waals surface area contributed by atoms with Gasteiger partial charge in [0.15, 0.2) is 11.0 Å². The third kappa shape index (κ3) is 4.77. The Bertz CT molecular complexity index is 1150. The van der Waals surface area contributed by atoms with Gasteiger partial charge in [-0.15, -0.1) is 32.9 Å². The SMILES string of the molecule is CCn1c(SCC(=O)Nc2sc3c(c2C#N)CCCCC3)nnc1-c1csc(C(C)C)c1. The van der Waals surface area contributed by atoms with Gasteiger partial charge in [0.1, 0.15) is 11.1 Å². The minimum atomic E-state index is -0.118. The number of nitrogens with zero attached hydrogens (tertiary/aromatic N) is 4. The maximum absolute atomic E-state index is 12.7.